The van der Waals surface area contributed by atoms with E-state index in [0.29, 0.717) is 13.1 Å². The number of anilines is 1. The third kappa shape index (κ3) is 3.90. The van der Waals surface area contributed by atoms with Crippen LogP contribution in [0.15, 0.2) is 48.5 Å². The van der Waals surface area contributed by atoms with Crippen molar-refractivity contribution >= 4 is 17.5 Å². The zero-order valence-corrected chi connectivity index (χ0v) is 14.8. The van der Waals surface area contributed by atoms with Crippen molar-refractivity contribution in [2.24, 2.45) is 5.92 Å². The number of amides is 2. The standard InChI is InChI=1S/C21H24N2O2/c1-3-16-8-10-17(11-9-16)13-22-21(25)18-12-20(24)23(14-18)19-7-5-4-6-15(19)2/h4-11,18H,3,12-14H2,1-2H3,(H,22,25)/t18-/m0/s1. The molecule has 1 saturated heterocycles. The SMILES string of the molecule is CCc1ccc(CNC(=O)[C@H]2CC(=O)N(c3ccccc3C)C2)cc1. The number of para-hydroxylation sites is 1. The van der Waals surface area contributed by atoms with E-state index in [1.165, 1.54) is 5.56 Å². The second-order valence-corrected chi connectivity index (χ2v) is 6.58. The van der Waals surface area contributed by atoms with Gasteiger partial charge in [-0.05, 0) is 36.1 Å². The quantitative estimate of drug-likeness (QED) is 0.911. The van der Waals surface area contributed by atoms with Crippen LogP contribution < -0.4 is 10.2 Å². The highest BCUT2D eigenvalue weighted by Crippen LogP contribution is 2.27. The number of nitrogens with zero attached hydrogens (tertiary/aromatic N) is 1. The summed E-state index contributed by atoms with van der Waals surface area (Å²) in [6.07, 6.45) is 1.28. The van der Waals surface area contributed by atoms with Crippen LogP contribution in [0.4, 0.5) is 5.69 Å². The van der Waals surface area contributed by atoms with Crippen molar-refractivity contribution in [3.8, 4) is 0 Å². The Labute approximate surface area is 148 Å². The van der Waals surface area contributed by atoms with E-state index in [0.717, 1.165) is 23.2 Å². The van der Waals surface area contributed by atoms with Crippen LogP contribution in [0.25, 0.3) is 0 Å². The molecular weight excluding hydrogens is 312 g/mol. The first-order valence-corrected chi connectivity index (χ1v) is 8.80. The van der Waals surface area contributed by atoms with E-state index in [1.54, 1.807) is 4.90 Å². The molecule has 1 N–H and O–H groups in total. The summed E-state index contributed by atoms with van der Waals surface area (Å²) in [6.45, 7) is 5.05. The predicted octanol–water partition coefficient (Wildman–Crippen LogP) is 3.23. The van der Waals surface area contributed by atoms with Crippen molar-refractivity contribution in [1.82, 2.24) is 5.32 Å². The summed E-state index contributed by atoms with van der Waals surface area (Å²) in [5, 5.41) is 2.97. The third-order valence-electron chi connectivity index (χ3n) is 4.80. The van der Waals surface area contributed by atoms with Crippen molar-refractivity contribution in [2.75, 3.05) is 11.4 Å². The van der Waals surface area contributed by atoms with Crippen molar-refractivity contribution in [3.05, 3.63) is 65.2 Å². The Balaban J connectivity index is 1.60. The predicted molar refractivity (Wildman–Crippen MR) is 99.3 cm³/mol. The van der Waals surface area contributed by atoms with Gasteiger partial charge >= 0.3 is 0 Å². The molecule has 2 amide bonds. The van der Waals surface area contributed by atoms with E-state index in [9.17, 15) is 9.59 Å². The number of hydrogen-bond donors (Lipinski definition) is 1. The summed E-state index contributed by atoms with van der Waals surface area (Å²) < 4.78 is 0. The van der Waals surface area contributed by atoms with E-state index in [-0.39, 0.29) is 24.2 Å². The number of carbonyl (C=O) groups is 2. The Morgan fingerprint density at radius 2 is 1.80 bits per heavy atom. The fraction of sp³-hybridized carbons (Fsp3) is 0.333. The Morgan fingerprint density at radius 3 is 2.48 bits per heavy atom. The van der Waals surface area contributed by atoms with Gasteiger partial charge < -0.3 is 10.2 Å². The zero-order valence-electron chi connectivity index (χ0n) is 14.8. The maximum Gasteiger partial charge on any atom is 0.227 e. The topological polar surface area (TPSA) is 49.4 Å². The van der Waals surface area contributed by atoms with Gasteiger partial charge in [-0.25, -0.2) is 0 Å². The van der Waals surface area contributed by atoms with E-state index in [4.69, 9.17) is 0 Å². The first kappa shape index (κ1) is 17.2. The molecule has 25 heavy (non-hydrogen) atoms. The normalized spacial score (nSPS) is 17.0. The number of aryl methyl sites for hydroxylation is 2. The minimum atomic E-state index is -0.290. The summed E-state index contributed by atoms with van der Waals surface area (Å²) in [4.78, 5) is 26.5. The third-order valence-corrected chi connectivity index (χ3v) is 4.80. The summed E-state index contributed by atoms with van der Waals surface area (Å²) in [5.74, 6) is -0.326. The smallest absolute Gasteiger partial charge is 0.227 e. The van der Waals surface area contributed by atoms with E-state index in [1.807, 2.05) is 43.3 Å². The van der Waals surface area contributed by atoms with Crippen LogP contribution in [-0.2, 0) is 22.6 Å². The molecule has 3 rings (SSSR count). The van der Waals surface area contributed by atoms with Gasteiger partial charge in [0.1, 0.15) is 0 Å². The van der Waals surface area contributed by atoms with Gasteiger partial charge in [0.25, 0.3) is 0 Å². The van der Waals surface area contributed by atoms with Gasteiger partial charge in [-0.15, -0.1) is 0 Å². The molecule has 0 aliphatic carbocycles. The minimum Gasteiger partial charge on any atom is -0.352 e. The number of nitrogens with one attached hydrogen (secondary N) is 1. The molecular formula is C21H24N2O2. The second-order valence-electron chi connectivity index (χ2n) is 6.58. The summed E-state index contributed by atoms with van der Waals surface area (Å²) in [7, 11) is 0. The van der Waals surface area contributed by atoms with Crippen LogP contribution in [0.3, 0.4) is 0 Å². The first-order valence-electron chi connectivity index (χ1n) is 8.80. The number of carbonyl (C=O) groups excluding carboxylic acids is 2. The van der Waals surface area contributed by atoms with Crippen LogP contribution in [0.1, 0.15) is 30.0 Å². The lowest BCUT2D eigenvalue weighted by Crippen LogP contribution is -2.32. The van der Waals surface area contributed by atoms with Gasteiger partial charge in [0.05, 0.1) is 5.92 Å². The summed E-state index contributed by atoms with van der Waals surface area (Å²) in [5.41, 5.74) is 4.31. The molecule has 4 heteroatoms. The molecule has 2 aromatic rings. The molecule has 1 atom stereocenters. The molecule has 0 unspecified atom stereocenters. The summed E-state index contributed by atoms with van der Waals surface area (Å²) >= 11 is 0. The first-order chi connectivity index (χ1) is 12.1. The highest BCUT2D eigenvalue weighted by atomic mass is 16.2. The highest BCUT2D eigenvalue weighted by molar-refractivity contribution is 6.00. The molecule has 0 saturated carbocycles. The van der Waals surface area contributed by atoms with Crippen molar-refractivity contribution in [3.63, 3.8) is 0 Å². The monoisotopic (exact) mass is 336 g/mol. The lowest BCUT2D eigenvalue weighted by molar-refractivity contribution is -0.126. The second kappa shape index (κ2) is 7.51. The van der Waals surface area contributed by atoms with Gasteiger partial charge in [-0.2, -0.15) is 0 Å². The van der Waals surface area contributed by atoms with E-state index < -0.39 is 0 Å². The maximum atomic E-state index is 12.5. The maximum absolute atomic E-state index is 12.5. The highest BCUT2D eigenvalue weighted by Gasteiger charge is 2.35. The van der Waals surface area contributed by atoms with Gasteiger partial charge in [0, 0.05) is 25.2 Å². The fourth-order valence-electron chi connectivity index (χ4n) is 3.21. The van der Waals surface area contributed by atoms with Crippen molar-refractivity contribution in [1.29, 1.82) is 0 Å². The molecule has 130 valence electrons. The molecule has 1 aliphatic heterocycles. The van der Waals surface area contributed by atoms with Crippen molar-refractivity contribution in [2.45, 2.75) is 33.2 Å². The largest absolute Gasteiger partial charge is 0.352 e. The van der Waals surface area contributed by atoms with Gasteiger partial charge in [-0.3, -0.25) is 9.59 Å². The fourth-order valence-corrected chi connectivity index (χ4v) is 3.21. The van der Waals surface area contributed by atoms with Crippen LogP contribution in [0, 0.1) is 12.8 Å². The van der Waals surface area contributed by atoms with Gasteiger partial charge in [-0.1, -0.05) is 49.4 Å². The van der Waals surface area contributed by atoms with Crippen LogP contribution >= 0.6 is 0 Å². The van der Waals surface area contributed by atoms with Gasteiger partial charge in [0.2, 0.25) is 11.8 Å². The molecule has 0 spiro atoms. The van der Waals surface area contributed by atoms with Crippen molar-refractivity contribution < 1.29 is 9.59 Å². The minimum absolute atomic E-state index is 0.0155. The average molecular weight is 336 g/mol. The lowest BCUT2D eigenvalue weighted by atomic mass is 10.1. The molecule has 0 aromatic heterocycles. The molecule has 1 fully saturated rings. The number of rotatable bonds is 5. The Hall–Kier alpha value is -2.62. The lowest BCUT2D eigenvalue weighted by Gasteiger charge is -2.19. The number of hydrogen-bond acceptors (Lipinski definition) is 2. The van der Waals surface area contributed by atoms with Crippen LogP contribution in [-0.4, -0.2) is 18.4 Å². The zero-order chi connectivity index (χ0) is 17.8. The summed E-state index contributed by atoms with van der Waals surface area (Å²) in [6, 6.07) is 16.0. The molecule has 1 heterocycles. The molecule has 0 radical (unpaired) electrons. The molecule has 2 aromatic carbocycles. The Bertz CT molecular complexity index is 768. The molecule has 0 bridgehead atoms. The average Bonchev–Trinajstić information content (AvgIpc) is 3.02. The Morgan fingerprint density at radius 1 is 1.12 bits per heavy atom. The van der Waals surface area contributed by atoms with E-state index >= 15 is 0 Å². The Kier molecular flexibility index (Phi) is 5.17. The molecule has 4 nitrogen and oxygen atoms in total. The number of benzene rings is 2. The molecule has 1 aliphatic rings. The van der Waals surface area contributed by atoms with Gasteiger partial charge in [0.15, 0.2) is 0 Å². The van der Waals surface area contributed by atoms with Crippen LogP contribution in [0.5, 0.6) is 0 Å². The van der Waals surface area contributed by atoms with Crippen LogP contribution in [0.2, 0.25) is 0 Å². The van der Waals surface area contributed by atoms with E-state index in [2.05, 4.69) is 24.4 Å².